The highest BCUT2D eigenvalue weighted by Gasteiger charge is 2.48. The number of alkyl halides is 2. The minimum Gasteiger partial charge on any atom is -0.506 e. The summed E-state index contributed by atoms with van der Waals surface area (Å²) < 4.78 is 31.9. The second-order valence-corrected chi connectivity index (χ2v) is 4.68. The van der Waals surface area contributed by atoms with E-state index in [4.69, 9.17) is 11.0 Å². The van der Waals surface area contributed by atoms with E-state index < -0.39 is 29.2 Å². The summed E-state index contributed by atoms with van der Waals surface area (Å²) in [6.07, 6.45) is 0. The predicted octanol–water partition coefficient (Wildman–Crippen LogP) is 2.22. The molecule has 20 heavy (non-hydrogen) atoms. The molecule has 8 heteroatoms. The lowest BCUT2D eigenvalue weighted by Crippen LogP contribution is -2.41. The molecule has 0 bridgehead atoms. The van der Waals surface area contributed by atoms with Crippen molar-refractivity contribution in [1.82, 2.24) is 0 Å². The zero-order valence-electron chi connectivity index (χ0n) is 10.4. The lowest BCUT2D eigenvalue weighted by atomic mass is 9.98. The number of benzene rings is 1. The van der Waals surface area contributed by atoms with Gasteiger partial charge >= 0.3 is 11.9 Å². The van der Waals surface area contributed by atoms with E-state index in [1.807, 2.05) is 0 Å². The third-order valence-electron chi connectivity index (χ3n) is 2.50. The van der Waals surface area contributed by atoms with Gasteiger partial charge in [0.25, 0.3) is 0 Å². The first kappa shape index (κ1) is 16.3. The number of phenolic OH excluding ortho intramolecular Hbond substituents is 1. The second kappa shape index (κ2) is 6.15. The molecule has 0 fully saturated rings. The van der Waals surface area contributed by atoms with Crippen LogP contribution in [0.5, 0.6) is 5.75 Å². The predicted molar refractivity (Wildman–Crippen MR) is 69.0 cm³/mol. The van der Waals surface area contributed by atoms with Crippen LogP contribution in [0.3, 0.4) is 0 Å². The summed E-state index contributed by atoms with van der Waals surface area (Å²) >= 11 is 2.92. The van der Waals surface area contributed by atoms with Crippen molar-refractivity contribution in [2.45, 2.75) is 18.9 Å². The third-order valence-corrected chi connectivity index (χ3v) is 3.10. The summed E-state index contributed by atoms with van der Waals surface area (Å²) in [7, 11) is 0. The first-order valence-electron chi connectivity index (χ1n) is 5.48. The van der Waals surface area contributed by atoms with Crippen molar-refractivity contribution in [2.24, 2.45) is 5.73 Å². The lowest BCUT2D eigenvalue weighted by Gasteiger charge is -2.23. The van der Waals surface area contributed by atoms with Crippen LogP contribution < -0.4 is 5.73 Å². The Hall–Kier alpha value is -1.72. The molecule has 0 aromatic heterocycles. The van der Waals surface area contributed by atoms with Gasteiger partial charge in [-0.15, -0.1) is 0 Å². The van der Waals surface area contributed by atoms with E-state index in [1.165, 1.54) is 13.0 Å². The monoisotopic (exact) mass is 348 g/mol. The molecule has 1 aromatic carbocycles. The Morgan fingerprint density at radius 1 is 1.65 bits per heavy atom. The molecule has 0 unspecified atom stereocenters. The molecular formula is C12H11BrF2N2O3. The average molecular weight is 349 g/mol. The minimum atomic E-state index is -4.03. The van der Waals surface area contributed by atoms with Gasteiger partial charge in [0.1, 0.15) is 11.8 Å². The molecule has 0 amide bonds. The fourth-order valence-electron chi connectivity index (χ4n) is 1.47. The number of hydrogen-bond acceptors (Lipinski definition) is 5. The summed E-state index contributed by atoms with van der Waals surface area (Å²) in [6, 6.07) is 1.85. The summed E-state index contributed by atoms with van der Waals surface area (Å²) in [4.78, 5) is 11.2. The number of phenols is 1. The number of halogens is 3. The topological polar surface area (TPSA) is 96.3 Å². The molecule has 0 saturated heterocycles. The number of carbonyl (C=O) groups is 1. The number of nitrogens with zero attached hydrogens (tertiary/aromatic N) is 1. The van der Waals surface area contributed by atoms with Crippen LogP contribution in [0.1, 0.15) is 24.1 Å². The maximum atomic E-state index is 13.8. The van der Waals surface area contributed by atoms with Gasteiger partial charge in [0.05, 0.1) is 22.7 Å². The first-order valence-corrected chi connectivity index (χ1v) is 6.28. The second-order valence-electron chi connectivity index (χ2n) is 3.83. The Kier molecular flexibility index (Phi) is 5.03. The van der Waals surface area contributed by atoms with Gasteiger partial charge in [-0.1, -0.05) is 0 Å². The van der Waals surface area contributed by atoms with Crippen LogP contribution in [-0.2, 0) is 9.53 Å². The number of esters is 1. The molecule has 0 radical (unpaired) electrons. The Morgan fingerprint density at radius 3 is 2.75 bits per heavy atom. The van der Waals surface area contributed by atoms with Crippen LogP contribution in [0, 0.1) is 11.3 Å². The zero-order valence-corrected chi connectivity index (χ0v) is 11.9. The van der Waals surface area contributed by atoms with Gasteiger partial charge in [-0.05, 0) is 35.0 Å². The first-order chi connectivity index (χ1) is 9.25. The molecule has 0 heterocycles. The van der Waals surface area contributed by atoms with Gasteiger partial charge in [0.15, 0.2) is 0 Å². The summed E-state index contributed by atoms with van der Waals surface area (Å²) in [6.45, 7) is 1.15. The lowest BCUT2D eigenvalue weighted by molar-refractivity contribution is -0.174. The van der Waals surface area contributed by atoms with E-state index in [2.05, 4.69) is 20.7 Å². The fraction of sp³-hybridized carbons (Fsp3) is 0.333. The summed E-state index contributed by atoms with van der Waals surface area (Å²) in [5, 5.41) is 18.5. The molecule has 1 atom stereocenters. The van der Waals surface area contributed by atoms with E-state index in [0.29, 0.717) is 0 Å². The average Bonchev–Trinajstić information content (AvgIpc) is 2.41. The number of rotatable bonds is 4. The molecule has 0 spiro atoms. The Bertz CT molecular complexity index is 573. The van der Waals surface area contributed by atoms with Gasteiger partial charge in [0, 0.05) is 5.56 Å². The van der Waals surface area contributed by atoms with Crippen molar-refractivity contribution in [3.05, 3.63) is 27.7 Å². The standard InChI is InChI=1S/C12H11BrF2N2O3/c1-2-20-11(19)12(14,15)10(17)7-3-6(5-16)4-8(13)9(7)18/h3-4,10,18H,2,17H2,1H3/t10-/m0/s1. The smallest absolute Gasteiger partial charge is 0.379 e. The van der Waals surface area contributed by atoms with Crippen molar-refractivity contribution >= 4 is 21.9 Å². The third kappa shape index (κ3) is 3.05. The molecule has 3 N–H and O–H groups in total. The summed E-state index contributed by atoms with van der Waals surface area (Å²) in [5.41, 5.74) is 4.95. The highest BCUT2D eigenvalue weighted by Crippen LogP contribution is 2.39. The van der Waals surface area contributed by atoms with E-state index >= 15 is 0 Å². The Labute approximate surface area is 122 Å². The fourth-order valence-corrected chi connectivity index (χ4v) is 1.95. The number of nitrogens with two attached hydrogens (primary N) is 1. The van der Waals surface area contributed by atoms with E-state index in [-0.39, 0.29) is 16.6 Å². The van der Waals surface area contributed by atoms with Crippen LogP contribution in [0.2, 0.25) is 0 Å². The van der Waals surface area contributed by atoms with E-state index in [0.717, 1.165) is 6.07 Å². The maximum Gasteiger partial charge on any atom is 0.379 e. The van der Waals surface area contributed by atoms with Gasteiger partial charge in [-0.2, -0.15) is 14.0 Å². The maximum absolute atomic E-state index is 13.8. The molecule has 0 aliphatic heterocycles. The largest absolute Gasteiger partial charge is 0.506 e. The van der Waals surface area contributed by atoms with Crippen molar-refractivity contribution in [3.8, 4) is 11.8 Å². The minimum absolute atomic E-state index is 0.0137. The zero-order chi connectivity index (χ0) is 15.5. The normalized spacial score (nSPS) is 12.6. The highest BCUT2D eigenvalue weighted by molar-refractivity contribution is 9.10. The van der Waals surface area contributed by atoms with Gasteiger partial charge in [-0.3, -0.25) is 0 Å². The van der Waals surface area contributed by atoms with Crippen molar-refractivity contribution in [2.75, 3.05) is 6.61 Å². The van der Waals surface area contributed by atoms with Crippen molar-refractivity contribution in [3.63, 3.8) is 0 Å². The van der Waals surface area contributed by atoms with Gasteiger partial charge in [0.2, 0.25) is 0 Å². The molecule has 1 aromatic rings. The van der Waals surface area contributed by atoms with E-state index in [1.54, 1.807) is 6.07 Å². The quantitative estimate of drug-likeness (QED) is 0.813. The van der Waals surface area contributed by atoms with Crippen molar-refractivity contribution < 1.29 is 23.4 Å². The summed E-state index contributed by atoms with van der Waals surface area (Å²) in [5.74, 6) is -6.37. The van der Waals surface area contributed by atoms with Crippen LogP contribution >= 0.6 is 15.9 Å². The number of hydrogen-bond donors (Lipinski definition) is 2. The number of aromatic hydroxyl groups is 1. The van der Waals surface area contributed by atoms with E-state index in [9.17, 15) is 18.7 Å². The molecule has 1 rings (SSSR count). The molecule has 0 saturated carbocycles. The molecular weight excluding hydrogens is 338 g/mol. The number of nitriles is 1. The van der Waals surface area contributed by atoms with Crippen LogP contribution in [0.4, 0.5) is 8.78 Å². The highest BCUT2D eigenvalue weighted by atomic mass is 79.9. The van der Waals surface area contributed by atoms with Crippen LogP contribution in [0.15, 0.2) is 16.6 Å². The van der Waals surface area contributed by atoms with Crippen molar-refractivity contribution in [1.29, 1.82) is 5.26 Å². The molecule has 108 valence electrons. The van der Waals surface area contributed by atoms with Gasteiger partial charge in [-0.25, -0.2) is 4.79 Å². The number of ether oxygens (including phenoxy) is 1. The Balaban J connectivity index is 3.27. The molecule has 5 nitrogen and oxygen atoms in total. The van der Waals surface area contributed by atoms with Crippen LogP contribution in [0.25, 0.3) is 0 Å². The number of carbonyl (C=O) groups excluding carboxylic acids is 1. The van der Waals surface area contributed by atoms with Crippen LogP contribution in [-0.4, -0.2) is 23.6 Å². The molecule has 0 aliphatic rings. The SMILES string of the molecule is CCOC(=O)C(F)(F)[C@@H](N)c1cc(C#N)cc(Br)c1O. The molecule has 0 aliphatic carbocycles. The Morgan fingerprint density at radius 2 is 2.25 bits per heavy atom. The van der Waals surface area contributed by atoms with Gasteiger partial charge < -0.3 is 15.6 Å².